The van der Waals surface area contributed by atoms with Crippen molar-refractivity contribution < 1.29 is 4.79 Å². The quantitative estimate of drug-likeness (QED) is 0.837. The summed E-state index contributed by atoms with van der Waals surface area (Å²) in [7, 11) is 2.00. The maximum atomic E-state index is 11.8. The van der Waals surface area contributed by atoms with Crippen LogP contribution in [0.3, 0.4) is 0 Å². The van der Waals surface area contributed by atoms with Crippen LogP contribution < -0.4 is 10.6 Å². The van der Waals surface area contributed by atoms with Crippen LogP contribution in [-0.2, 0) is 4.79 Å². The number of anilines is 1. The number of rotatable bonds is 5. The lowest BCUT2D eigenvalue weighted by atomic mass is 9.98. The van der Waals surface area contributed by atoms with Crippen LogP contribution in [0.5, 0.6) is 0 Å². The van der Waals surface area contributed by atoms with Crippen LogP contribution in [0.1, 0.15) is 12.8 Å². The molecule has 1 amide bonds. The van der Waals surface area contributed by atoms with Gasteiger partial charge in [-0.05, 0) is 38.9 Å². The minimum absolute atomic E-state index is 0.0152. The van der Waals surface area contributed by atoms with Gasteiger partial charge in [0.1, 0.15) is 0 Å². The molecule has 2 N–H and O–H groups in total. The van der Waals surface area contributed by atoms with Crippen molar-refractivity contribution >= 4 is 22.4 Å². The van der Waals surface area contributed by atoms with Gasteiger partial charge in [-0.15, -0.1) is 11.3 Å². The van der Waals surface area contributed by atoms with E-state index in [2.05, 4.69) is 20.5 Å². The smallest absolute Gasteiger partial charge is 0.240 e. The molecule has 1 saturated heterocycles. The molecule has 0 atom stereocenters. The highest BCUT2D eigenvalue weighted by atomic mass is 32.1. The van der Waals surface area contributed by atoms with Gasteiger partial charge >= 0.3 is 0 Å². The van der Waals surface area contributed by atoms with Crippen molar-refractivity contribution in [3.63, 3.8) is 0 Å². The third-order valence-corrected chi connectivity index (χ3v) is 3.81. The van der Waals surface area contributed by atoms with Gasteiger partial charge in [0.25, 0.3) is 0 Å². The molecule has 0 unspecified atom stereocenters. The maximum absolute atomic E-state index is 11.8. The van der Waals surface area contributed by atoms with E-state index in [9.17, 15) is 4.79 Å². The molecular formula is C12H20N4OS. The summed E-state index contributed by atoms with van der Waals surface area (Å²) in [5, 5.41) is 8.69. The van der Waals surface area contributed by atoms with Crippen LogP contribution in [0.15, 0.2) is 11.6 Å². The number of nitrogens with zero attached hydrogens (tertiary/aromatic N) is 2. The average Bonchev–Trinajstić information content (AvgIpc) is 2.82. The molecule has 2 rings (SSSR count). The number of carbonyl (C=O) groups is 1. The largest absolute Gasteiger partial charge is 0.317 e. The Kier molecular flexibility index (Phi) is 5.10. The number of likely N-dealkylation sites (N-methyl/N-ethyl adjacent to an activating group) is 1. The molecule has 5 nitrogen and oxygen atoms in total. The lowest BCUT2D eigenvalue weighted by Gasteiger charge is -2.27. The van der Waals surface area contributed by atoms with E-state index >= 15 is 0 Å². The molecule has 6 heteroatoms. The summed E-state index contributed by atoms with van der Waals surface area (Å²) in [6, 6.07) is 0. The maximum Gasteiger partial charge on any atom is 0.240 e. The van der Waals surface area contributed by atoms with E-state index in [1.807, 2.05) is 12.4 Å². The van der Waals surface area contributed by atoms with Gasteiger partial charge in [-0.3, -0.25) is 9.69 Å². The summed E-state index contributed by atoms with van der Waals surface area (Å²) in [4.78, 5) is 17.9. The van der Waals surface area contributed by atoms with Crippen molar-refractivity contribution in [3.8, 4) is 0 Å². The predicted octanol–water partition coefficient (Wildman–Crippen LogP) is 1.01. The number of amides is 1. The predicted molar refractivity (Wildman–Crippen MR) is 73.8 cm³/mol. The summed E-state index contributed by atoms with van der Waals surface area (Å²) < 4.78 is 0. The molecule has 18 heavy (non-hydrogen) atoms. The molecule has 100 valence electrons. The molecule has 1 aromatic heterocycles. The molecule has 0 bridgehead atoms. The van der Waals surface area contributed by atoms with Gasteiger partial charge in [-0.25, -0.2) is 4.98 Å². The Hall–Kier alpha value is -0.980. The normalized spacial score (nSPS) is 17.0. The van der Waals surface area contributed by atoms with Gasteiger partial charge < -0.3 is 10.6 Å². The fourth-order valence-corrected chi connectivity index (χ4v) is 2.80. The first-order valence-corrected chi connectivity index (χ1v) is 7.20. The Morgan fingerprint density at radius 3 is 3.06 bits per heavy atom. The molecule has 0 aromatic carbocycles. The van der Waals surface area contributed by atoms with Crippen LogP contribution >= 0.6 is 11.3 Å². The monoisotopic (exact) mass is 268 g/mol. The summed E-state index contributed by atoms with van der Waals surface area (Å²) in [6.07, 6.45) is 4.11. The molecule has 0 radical (unpaired) electrons. The van der Waals surface area contributed by atoms with Crippen molar-refractivity contribution in [1.82, 2.24) is 15.2 Å². The first kappa shape index (κ1) is 13.5. The lowest BCUT2D eigenvalue weighted by molar-refractivity contribution is -0.117. The van der Waals surface area contributed by atoms with Crippen LogP contribution in [0.25, 0.3) is 0 Å². The van der Waals surface area contributed by atoms with Crippen molar-refractivity contribution in [1.29, 1.82) is 0 Å². The van der Waals surface area contributed by atoms with E-state index in [4.69, 9.17) is 0 Å². The molecule has 0 aliphatic carbocycles. The summed E-state index contributed by atoms with van der Waals surface area (Å²) in [6.45, 7) is 3.63. The number of thiazole rings is 1. The van der Waals surface area contributed by atoms with Gasteiger partial charge in [0.2, 0.25) is 5.91 Å². The standard InChI is InChI=1S/C12H20N4OS/c1-16(8-10-2-4-13-5-3-10)9-11(17)15-12-14-6-7-18-12/h6-7,10,13H,2-5,8-9H2,1H3,(H,14,15,17). The fraction of sp³-hybridized carbons (Fsp3) is 0.667. The van der Waals surface area contributed by atoms with Crippen molar-refractivity contribution in [2.45, 2.75) is 12.8 Å². The zero-order chi connectivity index (χ0) is 12.8. The second kappa shape index (κ2) is 6.82. The van der Waals surface area contributed by atoms with Gasteiger partial charge in [-0.1, -0.05) is 0 Å². The molecular weight excluding hydrogens is 248 g/mol. The van der Waals surface area contributed by atoms with Crippen molar-refractivity contribution in [3.05, 3.63) is 11.6 Å². The van der Waals surface area contributed by atoms with E-state index in [0.717, 1.165) is 19.6 Å². The van der Waals surface area contributed by atoms with Gasteiger partial charge in [0.15, 0.2) is 5.13 Å². The molecule has 1 fully saturated rings. The molecule has 1 aliphatic rings. The average molecular weight is 268 g/mol. The van der Waals surface area contributed by atoms with Crippen molar-refractivity contribution in [2.75, 3.05) is 38.5 Å². The minimum Gasteiger partial charge on any atom is -0.317 e. The van der Waals surface area contributed by atoms with E-state index in [0.29, 0.717) is 17.6 Å². The molecule has 2 heterocycles. The summed E-state index contributed by atoms with van der Waals surface area (Å²) in [5.41, 5.74) is 0. The fourth-order valence-electron chi connectivity index (χ4n) is 2.26. The SMILES string of the molecule is CN(CC(=O)Nc1nccs1)CC1CCNCC1. The Labute approximate surface area is 112 Å². The van der Waals surface area contributed by atoms with E-state index < -0.39 is 0 Å². The van der Waals surface area contributed by atoms with Crippen LogP contribution in [0.2, 0.25) is 0 Å². The molecule has 1 aliphatic heterocycles. The van der Waals surface area contributed by atoms with Gasteiger partial charge in [0, 0.05) is 18.1 Å². The van der Waals surface area contributed by atoms with Crippen LogP contribution in [0, 0.1) is 5.92 Å². The second-order valence-electron chi connectivity index (χ2n) is 4.78. The van der Waals surface area contributed by atoms with Gasteiger partial charge in [-0.2, -0.15) is 0 Å². The van der Waals surface area contributed by atoms with Gasteiger partial charge in [0.05, 0.1) is 6.54 Å². The van der Waals surface area contributed by atoms with Crippen LogP contribution in [-0.4, -0.2) is 49.0 Å². The summed E-state index contributed by atoms with van der Waals surface area (Å²) in [5.74, 6) is 0.727. The highest BCUT2D eigenvalue weighted by Crippen LogP contribution is 2.13. The molecule has 1 aromatic rings. The first-order valence-electron chi connectivity index (χ1n) is 6.32. The third kappa shape index (κ3) is 4.36. The van der Waals surface area contributed by atoms with E-state index in [-0.39, 0.29) is 5.91 Å². The zero-order valence-corrected chi connectivity index (χ0v) is 11.5. The number of hydrogen-bond donors (Lipinski definition) is 2. The minimum atomic E-state index is 0.0152. The summed E-state index contributed by atoms with van der Waals surface area (Å²) >= 11 is 1.44. The van der Waals surface area contributed by atoms with E-state index in [1.54, 1.807) is 6.20 Å². The Balaban J connectivity index is 1.69. The number of piperidine rings is 1. The second-order valence-corrected chi connectivity index (χ2v) is 5.67. The third-order valence-electron chi connectivity index (χ3n) is 3.12. The van der Waals surface area contributed by atoms with Crippen LogP contribution in [0.4, 0.5) is 5.13 Å². The number of aromatic nitrogens is 1. The number of nitrogens with one attached hydrogen (secondary N) is 2. The Bertz CT molecular complexity index is 362. The molecule has 0 saturated carbocycles. The highest BCUT2D eigenvalue weighted by Gasteiger charge is 2.16. The van der Waals surface area contributed by atoms with E-state index in [1.165, 1.54) is 24.2 Å². The number of carbonyl (C=O) groups excluding carboxylic acids is 1. The molecule has 0 spiro atoms. The lowest BCUT2D eigenvalue weighted by Crippen LogP contribution is -2.37. The Morgan fingerprint density at radius 1 is 1.61 bits per heavy atom. The topological polar surface area (TPSA) is 57.3 Å². The number of hydrogen-bond acceptors (Lipinski definition) is 5. The zero-order valence-electron chi connectivity index (χ0n) is 10.7. The Morgan fingerprint density at radius 2 is 2.39 bits per heavy atom. The first-order chi connectivity index (χ1) is 8.74. The van der Waals surface area contributed by atoms with Crippen molar-refractivity contribution in [2.24, 2.45) is 5.92 Å². The highest BCUT2D eigenvalue weighted by molar-refractivity contribution is 7.13.